The first-order valence-corrected chi connectivity index (χ1v) is 7.29. The van der Waals surface area contributed by atoms with Crippen LogP contribution in [0.5, 0.6) is 5.88 Å². The molecule has 1 heterocycles. The first kappa shape index (κ1) is 15.9. The van der Waals surface area contributed by atoms with E-state index in [4.69, 9.17) is 21.4 Å². The number of rotatable bonds is 4. The van der Waals surface area contributed by atoms with Gasteiger partial charge in [-0.2, -0.15) is 5.10 Å². The maximum atomic E-state index is 9.34. The van der Waals surface area contributed by atoms with Gasteiger partial charge >= 0.3 is 0 Å². The van der Waals surface area contributed by atoms with E-state index in [1.54, 1.807) is 11.8 Å². The summed E-state index contributed by atoms with van der Waals surface area (Å²) in [6.07, 6.45) is 0.510. The molecule has 2 aromatic rings. The summed E-state index contributed by atoms with van der Waals surface area (Å²) in [5.41, 5.74) is 2.57. The number of hydrogen-bond acceptors (Lipinski definition) is 3. The second kappa shape index (κ2) is 6.08. The van der Waals surface area contributed by atoms with E-state index in [1.807, 2.05) is 24.3 Å². The van der Waals surface area contributed by atoms with Crippen LogP contribution in [0.3, 0.4) is 0 Å². The topological polar surface area (TPSA) is 47.3 Å². The fourth-order valence-electron chi connectivity index (χ4n) is 2.37. The van der Waals surface area contributed by atoms with Gasteiger partial charge in [0.15, 0.2) is 0 Å². The average Bonchev–Trinajstić information content (AvgIpc) is 2.77. The third-order valence-corrected chi connectivity index (χ3v) is 3.49. The number of halogens is 1. The quantitative estimate of drug-likeness (QED) is 0.942. The van der Waals surface area contributed by atoms with Crippen LogP contribution in [0.4, 0.5) is 0 Å². The molecule has 114 valence electrons. The van der Waals surface area contributed by atoms with Gasteiger partial charge in [0.05, 0.1) is 18.5 Å². The molecule has 0 aliphatic carbocycles. The van der Waals surface area contributed by atoms with E-state index < -0.39 is 0 Å². The minimum atomic E-state index is -0.137. The van der Waals surface area contributed by atoms with Gasteiger partial charge < -0.3 is 9.84 Å². The molecule has 5 heteroatoms. The van der Waals surface area contributed by atoms with Gasteiger partial charge in [0.1, 0.15) is 0 Å². The highest BCUT2D eigenvalue weighted by Gasteiger charge is 2.27. The lowest BCUT2D eigenvalue weighted by Crippen LogP contribution is -2.15. The molecular weight excluding hydrogens is 288 g/mol. The molecule has 0 atom stereocenters. The molecule has 0 saturated heterocycles. The molecule has 21 heavy (non-hydrogen) atoms. The zero-order chi connectivity index (χ0) is 15.6. The van der Waals surface area contributed by atoms with Crippen molar-refractivity contribution < 1.29 is 9.84 Å². The SMILES string of the molecule is COc1c(CCO)c(C(C)(C)C)nn1-c1cccc(Cl)c1. The van der Waals surface area contributed by atoms with E-state index in [2.05, 4.69) is 20.8 Å². The molecule has 0 spiro atoms. The maximum Gasteiger partial charge on any atom is 0.220 e. The number of aromatic nitrogens is 2. The van der Waals surface area contributed by atoms with Gasteiger partial charge in [0, 0.05) is 29.0 Å². The highest BCUT2D eigenvalue weighted by molar-refractivity contribution is 6.30. The molecule has 4 nitrogen and oxygen atoms in total. The predicted molar refractivity (Wildman–Crippen MR) is 84.6 cm³/mol. The third kappa shape index (κ3) is 3.22. The second-order valence-electron chi connectivity index (χ2n) is 5.95. The molecule has 0 bridgehead atoms. The summed E-state index contributed by atoms with van der Waals surface area (Å²) in [6.45, 7) is 6.34. The second-order valence-corrected chi connectivity index (χ2v) is 6.39. The molecule has 0 aliphatic rings. The van der Waals surface area contributed by atoms with Crippen LogP contribution in [0, 0.1) is 0 Å². The standard InChI is InChI=1S/C16H21ClN2O2/c1-16(2,3)14-13(8-9-20)15(21-4)19(18-14)12-7-5-6-11(17)10-12/h5-7,10,20H,8-9H2,1-4H3. The Bertz CT molecular complexity index is 630. The first-order valence-electron chi connectivity index (χ1n) is 6.91. The van der Waals surface area contributed by atoms with Crippen LogP contribution in [-0.4, -0.2) is 28.6 Å². The summed E-state index contributed by atoms with van der Waals surface area (Å²) < 4.78 is 7.29. The highest BCUT2D eigenvalue weighted by Crippen LogP contribution is 2.34. The van der Waals surface area contributed by atoms with Crippen molar-refractivity contribution in [2.75, 3.05) is 13.7 Å². The highest BCUT2D eigenvalue weighted by atomic mass is 35.5. The molecule has 0 unspecified atom stereocenters. The Hall–Kier alpha value is -1.52. The summed E-state index contributed by atoms with van der Waals surface area (Å²) in [5, 5.41) is 14.7. The smallest absolute Gasteiger partial charge is 0.220 e. The zero-order valence-electron chi connectivity index (χ0n) is 12.9. The first-order chi connectivity index (χ1) is 9.88. The van der Waals surface area contributed by atoms with Gasteiger partial charge in [-0.05, 0) is 18.2 Å². The van der Waals surface area contributed by atoms with Crippen molar-refractivity contribution in [1.29, 1.82) is 0 Å². The van der Waals surface area contributed by atoms with Gasteiger partial charge in [-0.15, -0.1) is 0 Å². The van der Waals surface area contributed by atoms with Crippen molar-refractivity contribution in [1.82, 2.24) is 9.78 Å². The number of aliphatic hydroxyl groups is 1. The van der Waals surface area contributed by atoms with Crippen molar-refractivity contribution >= 4 is 11.6 Å². The fourth-order valence-corrected chi connectivity index (χ4v) is 2.55. The number of aliphatic hydroxyl groups excluding tert-OH is 1. The predicted octanol–water partition coefficient (Wildman–Crippen LogP) is 3.37. The van der Waals surface area contributed by atoms with E-state index in [-0.39, 0.29) is 12.0 Å². The normalized spacial score (nSPS) is 11.7. The van der Waals surface area contributed by atoms with Crippen LogP contribution in [0.1, 0.15) is 32.0 Å². The van der Waals surface area contributed by atoms with Crippen molar-refractivity contribution in [3.05, 3.63) is 40.5 Å². The summed E-state index contributed by atoms with van der Waals surface area (Å²) in [6, 6.07) is 7.46. The molecule has 0 amide bonds. The van der Waals surface area contributed by atoms with Crippen molar-refractivity contribution in [2.24, 2.45) is 0 Å². The monoisotopic (exact) mass is 308 g/mol. The number of benzene rings is 1. The third-order valence-electron chi connectivity index (χ3n) is 3.25. The Labute approximate surface area is 130 Å². The van der Waals surface area contributed by atoms with Crippen molar-refractivity contribution in [3.63, 3.8) is 0 Å². The summed E-state index contributed by atoms with van der Waals surface area (Å²) in [4.78, 5) is 0. The molecule has 0 aliphatic heterocycles. The van der Waals surface area contributed by atoms with Crippen molar-refractivity contribution in [3.8, 4) is 11.6 Å². The van der Waals surface area contributed by atoms with Gasteiger partial charge in [-0.1, -0.05) is 38.4 Å². The molecule has 1 aromatic heterocycles. The van der Waals surface area contributed by atoms with Crippen LogP contribution in [0.2, 0.25) is 5.02 Å². The van der Waals surface area contributed by atoms with Gasteiger partial charge in [-0.3, -0.25) is 0 Å². The van der Waals surface area contributed by atoms with Crippen LogP contribution in [0.25, 0.3) is 5.69 Å². The van der Waals surface area contributed by atoms with Gasteiger partial charge in [0.25, 0.3) is 0 Å². The Kier molecular flexibility index (Phi) is 4.59. The van der Waals surface area contributed by atoms with E-state index in [0.717, 1.165) is 16.9 Å². The molecule has 1 N–H and O–H groups in total. The summed E-state index contributed by atoms with van der Waals surface area (Å²) >= 11 is 6.07. The van der Waals surface area contributed by atoms with Gasteiger partial charge in [0.2, 0.25) is 5.88 Å². The number of nitrogens with zero attached hydrogens (tertiary/aromatic N) is 2. The molecule has 0 saturated carbocycles. The number of methoxy groups -OCH3 is 1. The minimum Gasteiger partial charge on any atom is -0.481 e. The lowest BCUT2D eigenvalue weighted by atomic mass is 9.88. The van der Waals surface area contributed by atoms with Crippen LogP contribution < -0.4 is 4.74 Å². The maximum absolute atomic E-state index is 9.34. The lowest BCUT2D eigenvalue weighted by molar-refractivity contribution is 0.295. The van der Waals surface area contributed by atoms with E-state index in [9.17, 15) is 5.11 Å². The number of ether oxygens (including phenoxy) is 1. The fraction of sp³-hybridized carbons (Fsp3) is 0.438. The average molecular weight is 309 g/mol. The molecule has 0 fully saturated rings. The van der Waals surface area contributed by atoms with Crippen molar-refractivity contribution in [2.45, 2.75) is 32.6 Å². The van der Waals surface area contributed by atoms with E-state index in [0.29, 0.717) is 17.3 Å². The van der Waals surface area contributed by atoms with Crippen LogP contribution >= 0.6 is 11.6 Å². The van der Waals surface area contributed by atoms with E-state index >= 15 is 0 Å². The Morgan fingerprint density at radius 2 is 2.05 bits per heavy atom. The Morgan fingerprint density at radius 1 is 1.33 bits per heavy atom. The number of hydrogen-bond donors (Lipinski definition) is 1. The Morgan fingerprint density at radius 3 is 2.57 bits per heavy atom. The summed E-state index contributed by atoms with van der Waals surface area (Å²) in [7, 11) is 1.62. The minimum absolute atomic E-state index is 0.0562. The van der Waals surface area contributed by atoms with Crippen LogP contribution in [0.15, 0.2) is 24.3 Å². The Balaban J connectivity index is 2.66. The van der Waals surface area contributed by atoms with Gasteiger partial charge in [-0.25, -0.2) is 4.68 Å². The van der Waals surface area contributed by atoms with E-state index in [1.165, 1.54) is 0 Å². The lowest BCUT2D eigenvalue weighted by Gasteiger charge is -2.17. The molecule has 0 radical (unpaired) electrons. The zero-order valence-corrected chi connectivity index (χ0v) is 13.6. The largest absolute Gasteiger partial charge is 0.481 e. The summed E-state index contributed by atoms with van der Waals surface area (Å²) in [5.74, 6) is 0.649. The van der Waals surface area contributed by atoms with Crippen LogP contribution in [-0.2, 0) is 11.8 Å². The molecule has 2 rings (SSSR count). The molecule has 1 aromatic carbocycles. The molecular formula is C16H21ClN2O2.